The second kappa shape index (κ2) is 7.13. The van der Waals surface area contributed by atoms with Gasteiger partial charge < -0.3 is 20.0 Å². The van der Waals surface area contributed by atoms with E-state index < -0.39 is 0 Å². The predicted octanol–water partition coefficient (Wildman–Crippen LogP) is 0.449. The highest BCUT2D eigenvalue weighted by Crippen LogP contribution is 2.17. The van der Waals surface area contributed by atoms with E-state index in [1.54, 1.807) is 0 Å². The van der Waals surface area contributed by atoms with Gasteiger partial charge in [-0.2, -0.15) is 0 Å². The summed E-state index contributed by atoms with van der Waals surface area (Å²) in [6, 6.07) is 0.587. The SMILES string of the molecule is CN(C)CCNC(=S)N1CCCC1CN(C)C. The summed E-state index contributed by atoms with van der Waals surface area (Å²) in [4.78, 5) is 6.76. The van der Waals surface area contributed by atoms with Gasteiger partial charge in [-0.05, 0) is 53.3 Å². The lowest BCUT2D eigenvalue weighted by atomic mass is 10.2. The van der Waals surface area contributed by atoms with Gasteiger partial charge in [0.15, 0.2) is 5.11 Å². The van der Waals surface area contributed by atoms with Gasteiger partial charge >= 0.3 is 0 Å². The van der Waals surface area contributed by atoms with Crippen LogP contribution in [0, 0.1) is 0 Å². The molecule has 1 atom stereocenters. The second-order valence-corrected chi connectivity index (χ2v) is 5.67. The van der Waals surface area contributed by atoms with Crippen LogP contribution in [0.2, 0.25) is 0 Å². The molecule has 0 aliphatic carbocycles. The molecule has 0 radical (unpaired) electrons. The molecule has 100 valence electrons. The molecule has 17 heavy (non-hydrogen) atoms. The number of hydrogen-bond donors (Lipinski definition) is 1. The Balaban J connectivity index is 2.34. The molecular formula is C12H26N4S. The molecule has 1 N–H and O–H groups in total. The Kier molecular flexibility index (Phi) is 6.16. The minimum Gasteiger partial charge on any atom is -0.361 e. The lowest BCUT2D eigenvalue weighted by Gasteiger charge is -2.29. The van der Waals surface area contributed by atoms with E-state index in [0.29, 0.717) is 6.04 Å². The number of rotatable bonds is 5. The van der Waals surface area contributed by atoms with E-state index in [0.717, 1.165) is 31.3 Å². The quantitative estimate of drug-likeness (QED) is 0.721. The molecule has 5 heteroatoms. The van der Waals surface area contributed by atoms with Gasteiger partial charge in [-0.1, -0.05) is 0 Å². The Labute approximate surface area is 111 Å². The summed E-state index contributed by atoms with van der Waals surface area (Å²) < 4.78 is 0. The van der Waals surface area contributed by atoms with E-state index in [-0.39, 0.29) is 0 Å². The first-order chi connectivity index (χ1) is 8.00. The summed E-state index contributed by atoms with van der Waals surface area (Å²) >= 11 is 5.47. The molecule has 1 fully saturated rings. The van der Waals surface area contributed by atoms with Crippen molar-refractivity contribution in [3.05, 3.63) is 0 Å². The Hall–Kier alpha value is -0.390. The molecule has 4 nitrogen and oxygen atoms in total. The third-order valence-corrected chi connectivity index (χ3v) is 3.43. The van der Waals surface area contributed by atoms with Crippen LogP contribution in [0.15, 0.2) is 0 Å². The van der Waals surface area contributed by atoms with E-state index in [2.05, 4.69) is 48.2 Å². The van der Waals surface area contributed by atoms with E-state index in [1.165, 1.54) is 12.8 Å². The fraction of sp³-hybridized carbons (Fsp3) is 0.917. The first-order valence-electron chi connectivity index (χ1n) is 6.34. The van der Waals surface area contributed by atoms with Crippen LogP contribution in [0.1, 0.15) is 12.8 Å². The summed E-state index contributed by atoms with van der Waals surface area (Å²) in [5, 5.41) is 4.28. The topological polar surface area (TPSA) is 21.8 Å². The highest BCUT2D eigenvalue weighted by Gasteiger charge is 2.26. The van der Waals surface area contributed by atoms with Crippen LogP contribution < -0.4 is 5.32 Å². The normalized spacial score (nSPS) is 20.4. The fourth-order valence-corrected chi connectivity index (χ4v) is 2.54. The predicted molar refractivity (Wildman–Crippen MR) is 77.4 cm³/mol. The van der Waals surface area contributed by atoms with Gasteiger partial charge in [0.2, 0.25) is 0 Å². The van der Waals surface area contributed by atoms with Gasteiger partial charge in [-0.25, -0.2) is 0 Å². The maximum Gasteiger partial charge on any atom is 0.169 e. The molecule has 0 aromatic carbocycles. The average molecular weight is 258 g/mol. The fourth-order valence-electron chi connectivity index (χ4n) is 2.20. The molecule has 1 rings (SSSR count). The van der Waals surface area contributed by atoms with Gasteiger partial charge in [0.1, 0.15) is 0 Å². The third-order valence-electron chi connectivity index (χ3n) is 3.05. The number of nitrogens with zero attached hydrogens (tertiary/aromatic N) is 3. The van der Waals surface area contributed by atoms with Gasteiger partial charge in [0.25, 0.3) is 0 Å². The molecular weight excluding hydrogens is 232 g/mol. The van der Waals surface area contributed by atoms with E-state index in [9.17, 15) is 0 Å². The van der Waals surface area contributed by atoms with Gasteiger partial charge in [-0.15, -0.1) is 0 Å². The van der Waals surface area contributed by atoms with Crippen molar-refractivity contribution in [1.82, 2.24) is 20.0 Å². The van der Waals surface area contributed by atoms with Gasteiger partial charge in [0, 0.05) is 32.2 Å². The number of hydrogen-bond acceptors (Lipinski definition) is 3. The summed E-state index contributed by atoms with van der Waals surface area (Å²) in [5.41, 5.74) is 0. The summed E-state index contributed by atoms with van der Waals surface area (Å²) in [5.74, 6) is 0. The lowest BCUT2D eigenvalue weighted by Crippen LogP contribution is -2.47. The first kappa shape index (κ1) is 14.7. The van der Waals surface area contributed by atoms with Crippen molar-refractivity contribution in [3.63, 3.8) is 0 Å². The van der Waals surface area contributed by atoms with Crippen molar-refractivity contribution >= 4 is 17.3 Å². The van der Waals surface area contributed by atoms with Crippen LogP contribution >= 0.6 is 12.2 Å². The molecule has 0 bridgehead atoms. The molecule has 1 aliphatic rings. The van der Waals surface area contributed by atoms with E-state index in [4.69, 9.17) is 12.2 Å². The van der Waals surface area contributed by atoms with Crippen LogP contribution in [0.4, 0.5) is 0 Å². The van der Waals surface area contributed by atoms with Gasteiger partial charge in [0.05, 0.1) is 0 Å². The molecule has 1 unspecified atom stereocenters. The van der Waals surface area contributed by atoms with Crippen LogP contribution in [-0.2, 0) is 0 Å². The molecule has 0 saturated carbocycles. The maximum atomic E-state index is 5.47. The van der Waals surface area contributed by atoms with Crippen LogP contribution in [0.5, 0.6) is 0 Å². The molecule has 1 aliphatic heterocycles. The minimum absolute atomic E-state index is 0.587. The van der Waals surface area contributed by atoms with Crippen molar-refractivity contribution in [2.75, 3.05) is 54.4 Å². The van der Waals surface area contributed by atoms with Crippen molar-refractivity contribution in [1.29, 1.82) is 0 Å². The Morgan fingerprint density at radius 2 is 2.00 bits per heavy atom. The largest absolute Gasteiger partial charge is 0.361 e. The van der Waals surface area contributed by atoms with E-state index >= 15 is 0 Å². The lowest BCUT2D eigenvalue weighted by molar-refractivity contribution is 0.283. The number of likely N-dealkylation sites (tertiary alicyclic amines) is 1. The molecule has 0 aromatic rings. The highest BCUT2D eigenvalue weighted by molar-refractivity contribution is 7.80. The molecule has 1 saturated heterocycles. The highest BCUT2D eigenvalue weighted by atomic mass is 32.1. The van der Waals surface area contributed by atoms with Crippen LogP contribution in [0.25, 0.3) is 0 Å². The van der Waals surface area contributed by atoms with Crippen molar-refractivity contribution < 1.29 is 0 Å². The second-order valence-electron chi connectivity index (χ2n) is 5.29. The Morgan fingerprint density at radius 1 is 1.29 bits per heavy atom. The van der Waals surface area contributed by atoms with E-state index in [1.807, 2.05) is 0 Å². The van der Waals surface area contributed by atoms with Crippen molar-refractivity contribution in [2.45, 2.75) is 18.9 Å². The average Bonchev–Trinajstić information content (AvgIpc) is 2.64. The Bertz CT molecular complexity index is 243. The van der Waals surface area contributed by atoms with Gasteiger partial charge in [-0.3, -0.25) is 0 Å². The summed E-state index contributed by atoms with van der Waals surface area (Å²) in [6.07, 6.45) is 2.52. The summed E-state index contributed by atoms with van der Waals surface area (Å²) in [6.45, 7) is 4.14. The molecule has 0 aromatic heterocycles. The molecule has 0 amide bonds. The minimum atomic E-state index is 0.587. The Morgan fingerprint density at radius 3 is 2.59 bits per heavy atom. The zero-order valence-electron chi connectivity index (χ0n) is 11.6. The number of nitrogens with one attached hydrogen (secondary N) is 1. The van der Waals surface area contributed by atoms with Crippen molar-refractivity contribution in [3.8, 4) is 0 Å². The number of likely N-dealkylation sites (N-methyl/N-ethyl adjacent to an activating group) is 2. The monoisotopic (exact) mass is 258 g/mol. The third kappa shape index (κ3) is 5.19. The standard InChI is InChI=1S/C12H26N4S/c1-14(2)9-7-13-12(17)16-8-5-6-11(16)10-15(3)4/h11H,5-10H2,1-4H3,(H,13,17). The van der Waals surface area contributed by atoms with Crippen LogP contribution in [-0.4, -0.2) is 80.2 Å². The van der Waals surface area contributed by atoms with Crippen LogP contribution in [0.3, 0.4) is 0 Å². The summed E-state index contributed by atoms with van der Waals surface area (Å²) in [7, 11) is 8.41. The molecule has 0 spiro atoms. The van der Waals surface area contributed by atoms with Crippen molar-refractivity contribution in [2.24, 2.45) is 0 Å². The zero-order valence-corrected chi connectivity index (χ0v) is 12.4. The maximum absolute atomic E-state index is 5.47. The number of thiocarbonyl (C=S) groups is 1. The zero-order chi connectivity index (χ0) is 12.8. The smallest absolute Gasteiger partial charge is 0.169 e. The molecule has 1 heterocycles. The first-order valence-corrected chi connectivity index (χ1v) is 6.75.